The van der Waals surface area contributed by atoms with Gasteiger partial charge in [-0.15, -0.1) is 0 Å². The Bertz CT molecular complexity index is 388. The van der Waals surface area contributed by atoms with Crippen molar-refractivity contribution in [1.29, 1.82) is 0 Å². The molecule has 0 saturated heterocycles. The zero-order valence-electron chi connectivity index (χ0n) is 11.1. The SMILES string of the molecule is CCNc1ccc(C(=O)NC(C)CC)c(C)c1. The van der Waals surface area contributed by atoms with Crippen LogP contribution in [-0.2, 0) is 0 Å². The van der Waals surface area contributed by atoms with Crippen molar-refractivity contribution in [3.05, 3.63) is 29.3 Å². The highest BCUT2D eigenvalue weighted by atomic mass is 16.1. The van der Waals surface area contributed by atoms with E-state index in [-0.39, 0.29) is 11.9 Å². The van der Waals surface area contributed by atoms with Crippen molar-refractivity contribution in [1.82, 2.24) is 5.32 Å². The molecule has 0 spiro atoms. The molecule has 94 valence electrons. The lowest BCUT2D eigenvalue weighted by Gasteiger charge is -2.13. The van der Waals surface area contributed by atoms with E-state index in [9.17, 15) is 4.79 Å². The monoisotopic (exact) mass is 234 g/mol. The third-order valence-corrected chi connectivity index (χ3v) is 2.84. The molecule has 0 heterocycles. The predicted molar refractivity (Wildman–Crippen MR) is 72.6 cm³/mol. The molecule has 1 atom stereocenters. The molecule has 0 saturated carbocycles. The van der Waals surface area contributed by atoms with Crippen LogP contribution in [0.4, 0.5) is 5.69 Å². The Morgan fingerprint density at radius 1 is 1.35 bits per heavy atom. The van der Waals surface area contributed by atoms with Gasteiger partial charge in [0.2, 0.25) is 0 Å². The van der Waals surface area contributed by atoms with Gasteiger partial charge in [-0.3, -0.25) is 4.79 Å². The highest BCUT2D eigenvalue weighted by Gasteiger charge is 2.11. The third-order valence-electron chi connectivity index (χ3n) is 2.84. The number of amides is 1. The summed E-state index contributed by atoms with van der Waals surface area (Å²) in [6.07, 6.45) is 0.945. The first-order valence-corrected chi connectivity index (χ1v) is 6.23. The van der Waals surface area contributed by atoms with Gasteiger partial charge < -0.3 is 10.6 Å². The maximum Gasteiger partial charge on any atom is 0.251 e. The minimum Gasteiger partial charge on any atom is -0.385 e. The summed E-state index contributed by atoms with van der Waals surface area (Å²) in [5, 5.41) is 6.21. The van der Waals surface area contributed by atoms with Gasteiger partial charge in [0, 0.05) is 23.8 Å². The van der Waals surface area contributed by atoms with Gasteiger partial charge >= 0.3 is 0 Å². The second-order valence-electron chi connectivity index (χ2n) is 4.34. The molecule has 1 aromatic rings. The highest BCUT2D eigenvalue weighted by molar-refractivity contribution is 5.96. The summed E-state index contributed by atoms with van der Waals surface area (Å²) in [4.78, 5) is 12.0. The Labute approximate surface area is 104 Å². The van der Waals surface area contributed by atoms with Gasteiger partial charge in [0.25, 0.3) is 5.91 Å². The Morgan fingerprint density at radius 3 is 2.59 bits per heavy atom. The van der Waals surface area contributed by atoms with Crippen LogP contribution in [0.2, 0.25) is 0 Å². The van der Waals surface area contributed by atoms with E-state index in [4.69, 9.17) is 0 Å². The predicted octanol–water partition coefficient (Wildman–Crippen LogP) is 2.96. The van der Waals surface area contributed by atoms with Crippen LogP contribution in [0.15, 0.2) is 18.2 Å². The third kappa shape index (κ3) is 3.77. The van der Waals surface area contributed by atoms with Gasteiger partial charge in [0.15, 0.2) is 0 Å². The molecule has 1 rings (SSSR count). The van der Waals surface area contributed by atoms with E-state index in [1.54, 1.807) is 0 Å². The Kier molecular flexibility index (Phi) is 5.01. The molecule has 1 amide bonds. The van der Waals surface area contributed by atoms with Crippen molar-refractivity contribution in [2.75, 3.05) is 11.9 Å². The number of nitrogens with one attached hydrogen (secondary N) is 2. The number of anilines is 1. The smallest absolute Gasteiger partial charge is 0.251 e. The highest BCUT2D eigenvalue weighted by Crippen LogP contribution is 2.15. The van der Waals surface area contributed by atoms with Crippen LogP contribution in [-0.4, -0.2) is 18.5 Å². The molecule has 3 heteroatoms. The quantitative estimate of drug-likeness (QED) is 0.822. The molecule has 0 radical (unpaired) electrons. The maximum absolute atomic E-state index is 12.0. The Morgan fingerprint density at radius 2 is 2.06 bits per heavy atom. The lowest BCUT2D eigenvalue weighted by Crippen LogP contribution is -2.32. The van der Waals surface area contributed by atoms with Crippen LogP contribution in [0.1, 0.15) is 43.1 Å². The van der Waals surface area contributed by atoms with Crippen LogP contribution in [0, 0.1) is 6.92 Å². The van der Waals surface area contributed by atoms with E-state index >= 15 is 0 Å². The number of benzene rings is 1. The molecule has 1 aromatic carbocycles. The van der Waals surface area contributed by atoms with Crippen LogP contribution < -0.4 is 10.6 Å². The molecule has 3 nitrogen and oxygen atoms in total. The van der Waals surface area contributed by atoms with Gasteiger partial charge in [0.05, 0.1) is 0 Å². The van der Waals surface area contributed by atoms with E-state index in [1.165, 1.54) is 0 Å². The number of carbonyl (C=O) groups excluding carboxylic acids is 1. The van der Waals surface area contributed by atoms with Crippen molar-refractivity contribution < 1.29 is 4.79 Å². The molecule has 0 bridgehead atoms. The molecule has 0 aromatic heterocycles. The molecule has 0 aliphatic carbocycles. The zero-order valence-corrected chi connectivity index (χ0v) is 11.1. The lowest BCUT2D eigenvalue weighted by atomic mass is 10.1. The fourth-order valence-electron chi connectivity index (χ4n) is 1.64. The molecule has 17 heavy (non-hydrogen) atoms. The summed E-state index contributed by atoms with van der Waals surface area (Å²) < 4.78 is 0. The molecular weight excluding hydrogens is 212 g/mol. The Balaban J connectivity index is 2.81. The van der Waals surface area contributed by atoms with E-state index in [2.05, 4.69) is 24.5 Å². The topological polar surface area (TPSA) is 41.1 Å². The molecule has 0 aliphatic rings. The maximum atomic E-state index is 12.0. The average Bonchev–Trinajstić information content (AvgIpc) is 2.29. The summed E-state index contributed by atoms with van der Waals surface area (Å²) in [5.74, 6) is 0.0138. The van der Waals surface area contributed by atoms with Crippen molar-refractivity contribution in [3.8, 4) is 0 Å². The first-order valence-electron chi connectivity index (χ1n) is 6.23. The average molecular weight is 234 g/mol. The number of carbonyl (C=O) groups is 1. The molecule has 1 unspecified atom stereocenters. The summed E-state index contributed by atoms with van der Waals surface area (Å²) in [6.45, 7) is 8.98. The van der Waals surface area contributed by atoms with Crippen molar-refractivity contribution in [2.24, 2.45) is 0 Å². The van der Waals surface area contributed by atoms with Crippen LogP contribution in [0.25, 0.3) is 0 Å². The van der Waals surface area contributed by atoms with E-state index < -0.39 is 0 Å². The summed E-state index contributed by atoms with van der Waals surface area (Å²) >= 11 is 0. The number of hydrogen-bond acceptors (Lipinski definition) is 2. The minimum atomic E-state index is 0.0138. The van der Waals surface area contributed by atoms with E-state index in [0.29, 0.717) is 0 Å². The normalized spacial score (nSPS) is 12.0. The van der Waals surface area contributed by atoms with Crippen molar-refractivity contribution >= 4 is 11.6 Å². The van der Waals surface area contributed by atoms with Gasteiger partial charge in [-0.25, -0.2) is 0 Å². The second-order valence-corrected chi connectivity index (χ2v) is 4.34. The summed E-state index contributed by atoms with van der Waals surface area (Å²) in [6, 6.07) is 6.05. The van der Waals surface area contributed by atoms with Crippen molar-refractivity contribution in [2.45, 2.75) is 40.2 Å². The fourth-order valence-corrected chi connectivity index (χ4v) is 1.64. The van der Waals surface area contributed by atoms with Crippen LogP contribution in [0.5, 0.6) is 0 Å². The number of hydrogen-bond donors (Lipinski definition) is 2. The molecular formula is C14H22N2O. The molecule has 2 N–H and O–H groups in total. The van der Waals surface area contributed by atoms with E-state index in [1.807, 2.05) is 32.0 Å². The number of aryl methyl sites for hydroxylation is 1. The van der Waals surface area contributed by atoms with E-state index in [0.717, 1.165) is 29.8 Å². The number of rotatable bonds is 5. The molecule has 0 aliphatic heterocycles. The zero-order chi connectivity index (χ0) is 12.8. The van der Waals surface area contributed by atoms with Crippen LogP contribution >= 0.6 is 0 Å². The van der Waals surface area contributed by atoms with Gasteiger partial charge in [-0.05, 0) is 51.0 Å². The van der Waals surface area contributed by atoms with Crippen molar-refractivity contribution in [3.63, 3.8) is 0 Å². The van der Waals surface area contributed by atoms with Crippen LogP contribution in [0.3, 0.4) is 0 Å². The largest absolute Gasteiger partial charge is 0.385 e. The Hall–Kier alpha value is -1.51. The summed E-state index contributed by atoms with van der Waals surface area (Å²) in [7, 11) is 0. The van der Waals surface area contributed by atoms with Gasteiger partial charge in [-0.1, -0.05) is 6.92 Å². The first-order chi connectivity index (χ1) is 8.08. The van der Waals surface area contributed by atoms with Gasteiger partial charge in [0.1, 0.15) is 0 Å². The fraction of sp³-hybridized carbons (Fsp3) is 0.500. The first kappa shape index (κ1) is 13.6. The van der Waals surface area contributed by atoms with Gasteiger partial charge in [-0.2, -0.15) is 0 Å². The molecule has 0 fully saturated rings. The summed E-state index contributed by atoms with van der Waals surface area (Å²) in [5.41, 5.74) is 2.82. The second kappa shape index (κ2) is 6.28. The standard InChI is InChI=1S/C14H22N2O/c1-5-11(4)16-14(17)13-8-7-12(15-6-2)9-10(13)3/h7-9,11,15H,5-6H2,1-4H3,(H,16,17). The minimum absolute atomic E-state index is 0.0138. The lowest BCUT2D eigenvalue weighted by molar-refractivity contribution is 0.0938.